The van der Waals surface area contributed by atoms with Crippen molar-refractivity contribution in [1.29, 1.82) is 0 Å². The van der Waals surface area contributed by atoms with Gasteiger partial charge in [0.2, 0.25) is 5.91 Å². The maximum Gasteiger partial charge on any atom is 0.243 e. The van der Waals surface area contributed by atoms with Crippen molar-refractivity contribution in [2.75, 3.05) is 25.5 Å². The molecule has 1 amide bonds. The normalized spacial score (nSPS) is 10.4. The van der Waals surface area contributed by atoms with Crippen LogP contribution in [-0.2, 0) is 4.79 Å². The number of hydrogen-bond donors (Lipinski definition) is 3. The van der Waals surface area contributed by atoms with Crippen LogP contribution >= 0.6 is 24.0 Å². The largest absolute Gasteiger partial charge is 0.356 e. The number of halogens is 1. The average molecular weight is 391 g/mol. The molecular weight excluding hydrogens is 369 g/mol. The summed E-state index contributed by atoms with van der Waals surface area (Å²) in [5.41, 5.74) is 0.684. The Morgan fingerprint density at radius 3 is 2.80 bits per heavy atom. The van der Waals surface area contributed by atoms with Crippen molar-refractivity contribution in [2.24, 2.45) is 4.99 Å². The third-order valence-electron chi connectivity index (χ3n) is 2.41. The number of anilines is 1. The topological polar surface area (TPSA) is 78.4 Å². The number of carbonyl (C=O) groups is 1. The smallest absolute Gasteiger partial charge is 0.243 e. The molecule has 0 aliphatic heterocycles. The lowest BCUT2D eigenvalue weighted by Crippen LogP contribution is -2.41. The van der Waals surface area contributed by atoms with Crippen LogP contribution in [0.3, 0.4) is 0 Å². The number of guanidine groups is 1. The molecular formula is C13H22IN5O. The van der Waals surface area contributed by atoms with Gasteiger partial charge in [-0.15, -0.1) is 24.0 Å². The second-order valence-corrected chi connectivity index (χ2v) is 4.00. The van der Waals surface area contributed by atoms with E-state index in [0.717, 1.165) is 19.4 Å². The molecule has 0 radical (unpaired) electrons. The van der Waals surface area contributed by atoms with Gasteiger partial charge in [0.25, 0.3) is 0 Å². The molecule has 0 aliphatic carbocycles. The quantitative estimate of drug-likeness (QED) is 0.298. The predicted octanol–water partition coefficient (Wildman–Crippen LogP) is 1.60. The number of aromatic nitrogens is 1. The van der Waals surface area contributed by atoms with Crippen LogP contribution in [0.15, 0.2) is 29.5 Å². The molecule has 1 aromatic heterocycles. The van der Waals surface area contributed by atoms with Gasteiger partial charge in [-0.1, -0.05) is 13.3 Å². The lowest BCUT2D eigenvalue weighted by Gasteiger charge is -2.11. The molecule has 3 N–H and O–H groups in total. The number of rotatable bonds is 6. The second-order valence-electron chi connectivity index (χ2n) is 4.00. The average Bonchev–Trinajstić information content (AvgIpc) is 2.44. The highest BCUT2D eigenvalue weighted by atomic mass is 127. The molecule has 0 spiro atoms. The Hall–Kier alpha value is -1.38. The van der Waals surface area contributed by atoms with Gasteiger partial charge in [-0.05, 0) is 18.6 Å². The monoisotopic (exact) mass is 391 g/mol. The zero-order chi connectivity index (χ0) is 13.9. The first-order valence-electron chi connectivity index (χ1n) is 6.40. The summed E-state index contributed by atoms with van der Waals surface area (Å²) in [6.45, 7) is 3.14. The molecule has 0 fully saturated rings. The molecule has 6 nitrogen and oxygen atoms in total. The first-order valence-corrected chi connectivity index (χ1v) is 6.40. The van der Waals surface area contributed by atoms with Crippen molar-refractivity contribution in [2.45, 2.75) is 19.8 Å². The van der Waals surface area contributed by atoms with Gasteiger partial charge in [0, 0.05) is 19.8 Å². The van der Waals surface area contributed by atoms with E-state index >= 15 is 0 Å². The standard InChI is InChI=1S/C13H21N5O.HI/c1-3-4-8-16-13(14-2)17-10-12(19)18-11-6-5-7-15-9-11;/h5-7,9H,3-4,8,10H2,1-2H3,(H,18,19)(H2,14,16,17);1H. The molecule has 20 heavy (non-hydrogen) atoms. The summed E-state index contributed by atoms with van der Waals surface area (Å²) in [5, 5.41) is 8.83. The Balaban J connectivity index is 0.00000361. The molecule has 0 saturated heterocycles. The number of nitrogens with zero attached hydrogens (tertiary/aromatic N) is 2. The Morgan fingerprint density at radius 1 is 1.40 bits per heavy atom. The zero-order valence-electron chi connectivity index (χ0n) is 11.8. The van der Waals surface area contributed by atoms with Gasteiger partial charge in [-0.25, -0.2) is 0 Å². The van der Waals surface area contributed by atoms with Crippen molar-refractivity contribution < 1.29 is 4.79 Å². The third-order valence-corrected chi connectivity index (χ3v) is 2.41. The zero-order valence-corrected chi connectivity index (χ0v) is 14.2. The highest BCUT2D eigenvalue weighted by Gasteiger charge is 2.03. The van der Waals surface area contributed by atoms with Crippen molar-refractivity contribution in [1.82, 2.24) is 15.6 Å². The van der Waals surface area contributed by atoms with E-state index in [2.05, 4.69) is 32.9 Å². The molecule has 0 saturated carbocycles. The minimum absolute atomic E-state index is 0. The van der Waals surface area contributed by atoms with Crippen LogP contribution < -0.4 is 16.0 Å². The fraction of sp³-hybridized carbons (Fsp3) is 0.462. The first kappa shape index (κ1) is 18.6. The molecule has 1 heterocycles. The molecule has 0 aromatic carbocycles. The SMILES string of the molecule is CCCCNC(=NC)NCC(=O)Nc1cccnc1.I. The van der Waals surface area contributed by atoms with Gasteiger partial charge in [0.05, 0.1) is 18.4 Å². The van der Waals surface area contributed by atoms with Gasteiger partial charge in [0.1, 0.15) is 0 Å². The minimum Gasteiger partial charge on any atom is -0.356 e. The molecule has 0 atom stereocenters. The van der Waals surface area contributed by atoms with Crippen LogP contribution in [0.5, 0.6) is 0 Å². The molecule has 7 heteroatoms. The number of nitrogens with one attached hydrogen (secondary N) is 3. The van der Waals surface area contributed by atoms with E-state index in [4.69, 9.17) is 0 Å². The molecule has 112 valence electrons. The molecule has 1 aromatic rings. The number of hydrogen-bond acceptors (Lipinski definition) is 3. The highest BCUT2D eigenvalue weighted by Crippen LogP contribution is 2.01. The van der Waals surface area contributed by atoms with Gasteiger partial charge in [-0.2, -0.15) is 0 Å². The summed E-state index contributed by atoms with van der Waals surface area (Å²) in [5.74, 6) is 0.501. The third kappa shape index (κ3) is 7.93. The van der Waals surface area contributed by atoms with Crippen LogP contribution in [0.25, 0.3) is 0 Å². The van der Waals surface area contributed by atoms with Crippen LogP contribution in [0.1, 0.15) is 19.8 Å². The van der Waals surface area contributed by atoms with E-state index in [1.165, 1.54) is 0 Å². The van der Waals surface area contributed by atoms with Crippen LogP contribution in [-0.4, -0.2) is 37.0 Å². The fourth-order valence-corrected chi connectivity index (χ4v) is 1.41. The predicted molar refractivity (Wildman–Crippen MR) is 92.6 cm³/mol. The van der Waals surface area contributed by atoms with E-state index in [1.807, 2.05) is 0 Å². The lowest BCUT2D eigenvalue weighted by atomic mass is 10.3. The van der Waals surface area contributed by atoms with Crippen LogP contribution in [0, 0.1) is 0 Å². The summed E-state index contributed by atoms with van der Waals surface area (Å²) in [6.07, 6.45) is 5.45. The summed E-state index contributed by atoms with van der Waals surface area (Å²) in [7, 11) is 1.68. The van der Waals surface area contributed by atoms with Gasteiger partial charge >= 0.3 is 0 Å². The Bertz CT molecular complexity index is 410. The number of carbonyl (C=O) groups excluding carboxylic acids is 1. The minimum atomic E-state index is -0.133. The van der Waals surface area contributed by atoms with E-state index in [-0.39, 0.29) is 36.4 Å². The second kappa shape index (κ2) is 11.4. The van der Waals surface area contributed by atoms with Crippen molar-refractivity contribution >= 4 is 41.5 Å². The fourth-order valence-electron chi connectivity index (χ4n) is 1.41. The van der Waals surface area contributed by atoms with Gasteiger partial charge < -0.3 is 16.0 Å². The van der Waals surface area contributed by atoms with E-state index in [9.17, 15) is 4.79 Å². The highest BCUT2D eigenvalue weighted by molar-refractivity contribution is 14.0. The van der Waals surface area contributed by atoms with Crippen molar-refractivity contribution in [3.8, 4) is 0 Å². The Labute approximate surface area is 136 Å². The summed E-state index contributed by atoms with van der Waals surface area (Å²) in [4.78, 5) is 19.6. The van der Waals surface area contributed by atoms with Gasteiger partial charge in [-0.3, -0.25) is 14.8 Å². The van der Waals surface area contributed by atoms with Gasteiger partial charge in [0.15, 0.2) is 5.96 Å². The van der Waals surface area contributed by atoms with Crippen LogP contribution in [0.2, 0.25) is 0 Å². The first-order chi connectivity index (χ1) is 9.26. The van der Waals surface area contributed by atoms with E-state index < -0.39 is 0 Å². The number of aliphatic imine (C=N–C) groups is 1. The number of unbranched alkanes of at least 4 members (excludes halogenated alkanes) is 1. The number of pyridine rings is 1. The van der Waals surface area contributed by atoms with Crippen LogP contribution in [0.4, 0.5) is 5.69 Å². The summed E-state index contributed by atoms with van der Waals surface area (Å²) >= 11 is 0. The number of amides is 1. The Morgan fingerprint density at radius 2 is 2.20 bits per heavy atom. The van der Waals surface area contributed by atoms with Crippen molar-refractivity contribution in [3.63, 3.8) is 0 Å². The molecule has 0 unspecified atom stereocenters. The maximum absolute atomic E-state index is 11.7. The molecule has 1 rings (SSSR count). The maximum atomic E-state index is 11.7. The Kier molecular flexibility index (Phi) is 10.7. The summed E-state index contributed by atoms with van der Waals surface area (Å²) in [6, 6.07) is 3.56. The van der Waals surface area contributed by atoms with E-state index in [0.29, 0.717) is 11.6 Å². The molecule has 0 aliphatic rings. The van der Waals surface area contributed by atoms with E-state index in [1.54, 1.807) is 31.6 Å². The van der Waals surface area contributed by atoms with Crippen molar-refractivity contribution in [3.05, 3.63) is 24.5 Å². The summed E-state index contributed by atoms with van der Waals surface area (Å²) < 4.78 is 0. The lowest BCUT2D eigenvalue weighted by molar-refractivity contribution is -0.115. The molecule has 0 bridgehead atoms.